The van der Waals surface area contributed by atoms with E-state index in [2.05, 4.69) is 21.4 Å². The van der Waals surface area contributed by atoms with Crippen LogP contribution in [0.4, 0.5) is 0 Å². The summed E-state index contributed by atoms with van der Waals surface area (Å²) in [5.41, 5.74) is 0.353. The molecule has 11 heteroatoms. The minimum Gasteiger partial charge on any atom is -0.280 e. The van der Waals surface area contributed by atoms with Gasteiger partial charge in [0.15, 0.2) is 0 Å². The molecule has 0 atom stereocenters. The van der Waals surface area contributed by atoms with Crippen molar-refractivity contribution in [3.05, 3.63) is 71.2 Å². The molecule has 0 aliphatic heterocycles. The van der Waals surface area contributed by atoms with Crippen molar-refractivity contribution in [2.24, 2.45) is 0 Å². The summed E-state index contributed by atoms with van der Waals surface area (Å²) in [6.07, 6.45) is 0. The van der Waals surface area contributed by atoms with Crippen LogP contribution in [-0.2, 0) is 13.1 Å². The second-order valence-electron chi connectivity index (χ2n) is 3.78. The van der Waals surface area contributed by atoms with Crippen LogP contribution in [0.1, 0.15) is 10.4 Å². The standard InChI is InChI=1S/C7H4Cl2O.C6H6.C2H2Cl2O.Cl2O2S/c8-6-4-2-1-3-5(6)7(9)10;1-2-4-6-5-3-1;3-1-2(4)5;1-5(2,3)4/h1-4H;1-6H;1H2;. The molecule has 4 nitrogen and oxygen atoms in total. The topological polar surface area (TPSA) is 68.3 Å². The third kappa shape index (κ3) is 23.5. The van der Waals surface area contributed by atoms with Gasteiger partial charge in [-0.1, -0.05) is 60.1 Å². The lowest BCUT2D eigenvalue weighted by molar-refractivity contribution is -0.109. The van der Waals surface area contributed by atoms with Crippen molar-refractivity contribution < 1.29 is 18.0 Å². The number of carbonyl (C=O) groups is 2. The quantitative estimate of drug-likeness (QED) is 0.369. The van der Waals surface area contributed by atoms with Crippen LogP contribution in [-0.4, -0.2) is 24.8 Å². The lowest BCUT2D eigenvalue weighted by atomic mass is 10.2. The van der Waals surface area contributed by atoms with Gasteiger partial charge in [-0.2, -0.15) is 8.42 Å². The van der Waals surface area contributed by atoms with Crippen LogP contribution in [0, 0.1) is 0 Å². The maximum atomic E-state index is 10.5. The fourth-order valence-corrected chi connectivity index (χ4v) is 1.44. The summed E-state index contributed by atoms with van der Waals surface area (Å²) < 4.78 is 18.3. The third-order valence-corrected chi connectivity index (χ3v) is 2.90. The summed E-state index contributed by atoms with van der Waals surface area (Å²) in [5.74, 6) is -0.0957. The Labute approximate surface area is 180 Å². The molecule has 26 heavy (non-hydrogen) atoms. The van der Waals surface area contributed by atoms with E-state index in [1.54, 1.807) is 24.3 Å². The lowest BCUT2D eigenvalue weighted by Crippen LogP contribution is -1.87. The molecule has 0 aliphatic carbocycles. The molecule has 0 aromatic heterocycles. The zero-order valence-electron chi connectivity index (χ0n) is 12.8. The number of hydrogen-bond donors (Lipinski definition) is 0. The average molecular weight is 501 g/mol. The van der Waals surface area contributed by atoms with Gasteiger partial charge in [0, 0.05) is 21.4 Å². The molecule has 0 spiro atoms. The predicted octanol–water partition coefficient (Wildman–Crippen LogP) is 6.11. The zero-order valence-corrected chi connectivity index (χ0v) is 18.1. The van der Waals surface area contributed by atoms with Gasteiger partial charge in [0.25, 0.3) is 5.24 Å². The number of halogens is 6. The van der Waals surface area contributed by atoms with E-state index in [4.69, 9.17) is 54.8 Å². The highest BCUT2D eigenvalue weighted by Crippen LogP contribution is 2.16. The Bertz CT molecular complexity index is 719. The Morgan fingerprint density at radius 2 is 1.12 bits per heavy atom. The van der Waals surface area contributed by atoms with Gasteiger partial charge in [0.1, 0.15) is 0 Å². The first-order valence-corrected chi connectivity index (χ1v) is 11.1. The highest BCUT2D eigenvalue weighted by molar-refractivity contribution is 8.31. The van der Waals surface area contributed by atoms with E-state index in [0.717, 1.165) is 0 Å². The van der Waals surface area contributed by atoms with Gasteiger partial charge in [-0.25, -0.2) is 0 Å². The first-order valence-electron chi connectivity index (χ1n) is 6.32. The Morgan fingerprint density at radius 1 is 0.808 bits per heavy atom. The highest BCUT2D eigenvalue weighted by atomic mass is 36.0. The molecule has 0 unspecified atom stereocenters. The van der Waals surface area contributed by atoms with Crippen LogP contribution in [0.5, 0.6) is 0 Å². The first kappa shape index (κ1) is 27.7. The SMILES string of the molecule is O=C(Cl)CCl.O=C(Cl)c1ccccc1Cl.O=S(=O)(Cl)Cl.c1ccccc1. The number of carbonyl (C=O) groups excluding carboxylic acids is 2. The average Bonchev–Trinajstić information content (AvgIpc) is 2.56. The van der Waals surface area contributed by atoms with Crippen molar-refractivity contribution in [3.63, 3.8) is 0 Å². The van der Waals surface area contributed by atoms with E-state index in [9.17, 15) is 9.59 Å². The fraction of sp³-hybridized carbons (Fsp3) is 0.0667. The molecular formula is C15H12Cl6O4S. The summed E-state index contributed by atoms with van der Waals surface area (Å²) in [6, 6.07) is 18.7. The van der Waals surface area contributed by atoms with Gasteiger partial charge < -0.3 is 0 Å². The molecule has 0 bridgehead atoms. The van der Waals surface area contributed by atoms with Gasteiger partial charge in [-0.15, -0.1) is 11.6 Å². The van der Waals surface area contributed by atoms with Crippen molar-refractivity contribution >= 4 is 86.5 Å². The largest absolute Gasteiger partial charge is 0.317 e. The van der Waals surface area contributed by atoms with Crippen molar-refractivity contribution in [1.29, 1.82) is 0 Å². The van der Waals surface area contributed by atoms with E-state index in [0.29, 0.717) is 10.6 Å². The molecular weight excluding hydrogens is 489 g/mol. The van der Waals surface area contributed by atoms with E-state index in [1.165, 1.54) is 0 Å². The zero-order chi connectivity index (χ0) is 20.6. The Morgan fingerprint density at radius 3 is 1.31 bits per heavy atom. The smallest absolute Gasteiger partial charge is 0.280 e. The van der Waals surface area contributed by atoms with E-state index < -0.39 is 18.7 Å². The van der Waals surface area contributed by atoms with Crippen LogP contribution in [0.2, 0.25) is 5.02 Å². The number of benzene rings is 2. The van der Waals surface area contributed by atoms with Crippen LogP contribution < -0.4 is 0 Å². The summed E-state index contributed by atoms with van der Waals surface area (Å²) in [6.45, 7) is 0. The minimum absolute atomic E-state index is 0.0957. The number of hydrogen-bond acceptors (Lipinski definition) is 4. The third-order valence-electron chi connectivity index (χ3n) is 1.86. The molecule has 0 radical (unpaired) electrons. The molecule has 0 aliphatic rings. The normalized spacial score (nSPS) is 9.15. The molecule has 0 amide bonds. The minimum atomic E-state index is -3.72. The van der Waals surface area contributed by atoms with Crippen LogP contribution >= 0.6 is 67.8 Å². The van der Waals surface area contributed by atoms with E-state index in [-0.39, 0.29) is 5.88 Å². The maximum absolute atomic E-state index is 10.5. The van der Waals surface area contributed by atoms with Gasteiger partial charge >= 0.3 is 8.26 Å². The number of alkyl halides is 1. The van der Waals surface area contributed by atoms with E-state index >= 15 is 0 Å². The molecule has 2 aromatic carbocycles. The molecule has 2 aromatic rings. The molecule has 0 fully saturated rings. The number of rotatable bonds is 2. The summed E-state index contributed by atoms with van der Waals surface area (Å²) in [7, 11) is 4.81. The lowest BCUT2D eigenvalue weighted by Gasteiger charge is -1.93. The van der Waals surface area contributed by atoms with Gasteiger partial charge in [0.05, 0.1) is 16.5 Å². The van der Waals surface area contributed by atoms with Crippen molar-refractivity contribution in [3.8, 4) is 0 Å². The van der Waals surface area contributed by atoms with Crippen molar-refractivity contribution in [2.75, 3.05) is 5.88 Å². The fourth-order valence-electron chi connectivity index (χ4n) is 1.01. The van der Waals surface area contributed by atoms with Crippen LogP contribution in [0.25, 0.3) is 0 Å². The molecule has 0 N–H and O–H groups in total. The molecule has 0 saturated heterocycles. The Hall–Kier alpha value is -0.530. The monoisotopic (exact) mass is 498 g/mol. The molecule has 0 saturated carbocycles. The predicted molar refractivity (Wildman–Crippen MR) is 110 cm³/mol. The van der Waals surface area contributed by atoms with Crippen LogP contribution in [0.3, 0.4) is 0 Å². The highest BCUT2D eigenvalue weighted by Gasteiger charge is 2.04. The van der Waals surface area contributed by atoms with E-state index in [1.807, 2.05) is 36.4 Å². The first-order chi connectivity index (χ1) is 12.0. The molecule has 2 rings (SSSR count). The van der Waals surface area contributed by atoms with Gasteiger partial charge in [-0.05, 0) is 35.3 Å². The van der Waals surface area contributed by atoms with Gasteiger partial charge in [0.2, 0.25) is 5.24 Å². The molecule has 0 heterocycles. The maximum Gasteiger partial charge on any atom is 0.317 e. The second kappa shape index (κ2) is 16.6. The van der Waals surface area contributed by atoms with Crippen molar-refractivity contribution in [1.82, 2.24) is 0 Å². The van der Waals surface area contributed by atoms with Crippen LogP contribution in [0.15, 0.2) is 60.7 Å². The Balaban J connectivity index is 0. The summed E-state index contributed by atoms with van der Waals surface area (Å²) in [4.78, 5) is 20.0. The summed E-state index contributed by atoms with van der Waals surface area (Å²) >= 11 is 20.3. The van der Waals surface area contributed by atoms with Gasteiger partial charge in [-0.3, -0.25) is 9.59 Å². The second-order valence-corrected chi connectivity index (χ2v) is 8.88. The molecule has 144 valence electrons. The Kier molecular flexibility index (Phi) is 17.7. The summed E-state index contributed by atoms with van der Waals surface area (Å²) in [5, 5.41) is -0.639. The van der Waals surface area contributed by atoms with Crippen molar-refractivity contribution in [2.45, 2.75) is 0 Å².